The summed E-state index contributed by atoms with van der Waals surface area (Å²) < 4.78 is 31.3. The number of benzene rings is 1. The number of sulfonamides is 1. The summed E-state index contributed by atoms with van der Waals surface area (Å²) in [6.07, 6.45) is 0. The van der Waals surface area contributed by atoms with Gasteiger partial charge in [-0.2, -0.15) is 0 Å². The highest BCUT2D eigenvalue weighted by Crippen LogP contribution is 2.13. The first-order valence-corrected chi connectivity index (χ1v) is 8.14. The molecule has 118 valence electrons. The van der Waals surface area contributed by atoms with Gasteiger partial charge in [0.1, 0.15) is 18.4 Å². The number of primary amides is 1. The van der Waals surface area contributed by atoms with Gasteiger partial charge in [-0.05, 0) is 30.2 Å². The zero-order valence-electron chi connectivity index (χ0n) is 12.1. The Labute approximate surface area is 124 Å². The van der Waals surface area contributed by atoms with E-state index in [1.54, 1.807) is 38.1 Å². The number of anilines is 1. The van der Waals surface area contributed by atoms with E-state index in [1.807, 2.05) is 0 Å². The van der Waals surface area contributed by atoms with Crippen molar-refractivity contribution in [2.75, 3.05) is 18.1 Å². The van der Waals surface area contributed by atoms with Crippen LogP contribution in [0.15, 0.2) is 24.3 Å². The lowest BCUT2D eigenvalue weighted by Crippen LogP contribution is -2.48. The van der Waals surface area contributed by atoms with Gasteiger partial charge in [0.25, 0.3) is 0 Å². The molecule has 21 heavy (non-hydrogen) atoms. The minimum absolute atomic E-state index is 0.0389. The summed E-state index contributed by atoms with van der Waals surface area (Å²) in [5.41, 5.74) is 11.3. The summed E-state index contributed by atoms with van der Waals surface area (Å²) in [5.74, 6) is -0.675. The average molecular weight is 315 g/mol. The molecule has 1 atom stereocenters. The third kappa shape index (κ3) is 6.01. The first kappa shape index (κ1) is 17.3. The van der Waals surface area contributed by atoms with Crippen molar-refractivity contribution >= 4 is 21.6 Å². The fraction of sp³-hybridized carbons (Fsp3) is 0.462. The number of hydrogen-bond acceptors (Lipinski definition) is 5. The van der Waals surface area contributed by atoms with Gasteiger partial charge in [-0.25, -0.2) is 13.1 Å². The lowest BCUT2D eigenvalue weighted by Gasteiger charge is -2.18. The van der Waals surface area contributed by atoms with Crippen LogP contribution >= 0.6 is 0 Å². The van der Waals surface area contributed by atoms with Crippen molar-refractivity contribution in [2.24, 2.45) is 11.7 Å². The lowest BCUT2D eigenvalue weighted by molar-refractivity contribution is -0.120. The summed E-state index contributed by atoms with van der Waals surface area (Å²) in [6.45, 7) is 3.38. The normalized spacial score (nSPS) is 13.1. The van der Waals surface area contributed by atoms with E-state index in [2.05, 4.69) is 4.72 Å². The van der Waals surface area contributed by atoms with Crippen molar-refractivity contribution in [1.82, 2.24) is 4.72 Å². The van der Waals surface area contributed by atoms with Gasteiger partial charge >= 0.3 is 0 Å². The number of amides is 1. The van der Waals surface area contributed by atoms with Gasteiger partial charge in [0.15, 0.2) is 0 Å². The highest BCUT2D eigenvalue weighted by molar-refractivity contribution is 7.89. The molecule has 1 unspecified atom stereocenters. The molecule has 0 aliphatic carbocycles. The van der Waals surface area contributed by atoms with Crippen LogP contribution in [0.25, 0.3) is 0 Å². The Balaban J connectivity index is 2.53. The number of ether oxygens (including phenoxy) is 1. The molecule has 0 aliphatic rings. The van der Waals surface area contributed by atoms with Crippen LogP contribution in [0, 0.1) is 5.92 Å². The number of carbonyl (C=O) groups excluding carboxylic acids is 1. The van der Waals surface area contributed by atoms with Crippen molar-refractivity contribution in [3.05, 3.63) is 24.3 Å². The van der Waals surface area contributed by atoms with Gasteiger partial charge in [0.05, 0.1) is 5.75 Å². The van der Waals surface area contributed by atoms with Gasteiger partial charge in [-0.15, -0.1) is 0 Å². The van der Waals surface area contributed by atoms with Crippen molar-refractivity contribution in [2.45, 2.75) is 19.9 Å². The zero-order chi connectivity index (χ0) is 16.0. The molecule has 1 amide bonds. The van der Waals surface area contributed by atoms with Gasteiger partial charge in [0, 0.05) is 5.69 Å². The predicted molar refractivity (Wildman–Crippen MR) is 81.1 cm³/mol. The fourth-order valence-corrected chi connectivity index (χ4v) is 2.80. The Kier molecular flexibility index (Phi) is 5.98. The number of hydrogen-bond donors (Lipinski definition) is 3. The smallest absolute Gasteiger partial charge is 0.235 e. The molecule has 1 rings (SSSR count). The van der Waals surface area contributed by atoms with E-state index in [-0.39, 0.29) is 18.3 Å². The number of nitrogens with two attached hydrogens (primary N) is 2. The van der Waals surface area contributed by atoms with Crippen LogP contribution in [0.2, 0.25) is 0 Å². The molecule has 1 aromatic carbocycles. The first-order valence-electron chi connectivity index (χ1n) is 6.49. The number of nitrogen functional groups attached to an aromatic ring is 1. The molecule has 0 saturated carbocycles. The number of nitrogens with one attached hydrogen (secondary N) is 1. The second kappa shape index (κ2) is 7.28. The van der Waals surface area contributed by atoms with E-state index in [0.29, 0.717) is 11.4 Å². The molecule has 1 aromatic rings. The third-order valence-electron chi connectivity index (χ3n) is 2.78. The molecule has 0 aliphatic heterocycles. The fourth-order valence-electron chi connectivity index (χ4n) is 1.61. The molecular weight excluding hydrogens is 294 g/mol. The SMILES string of the molecule is CC(C)C(NS(=O)(=O)CCOc1ccc(N)cc1)C(N)=O. The summed E-state index contributed by atoms with van der Waals surface area (Å²) in [4.78, 5) is 11.2. The van der Waals surface area contributed by atoms with E-state index in [4.69, 9.17) is 16.2 Å². The van der Waals surface area contributed by atoms with E-state index >= 15 is 0 Å². The summed E-state index contributed by atoms with van der Waals surface area (Å²) in [6, 6.07) is 5.69. The molecule has 0 radical (unpaired) electrons. The van der Waals surface area contributed by atoms with Crippen LogP contribution in [-0.4, -0.2) is 32.7 Å². The van der Waals surface area contributed by atoms with Gasteiger partial charge < -0.3 is 16.2 Å². The average Bonchev–Trinajstić information content (AvgIpc) is 2.37. The molecule has 0 spiro atoms. The van der Waals surface area contributed by atoms with Crippen LogP contribution in [0.5, 0.6) is 5.75 Å². The number of carbonyl (C=O) groups is 1. The van der Waals surface area contributed by atoms with Crippen molar-refractivity contribution in [3.8, 4) is 5.75 Å². The first-order chi connectivity index (χ1) is 9.71. The Morgan fingerprint density at radius 3 is 2.33 bits per heavy atom. The maximum Gasteiger partial charge on any atom is 0.235 e. The van der Waals surface area contributed by atoms with Gasteiger partial charge in [-0.3, -0.25) is 4.79 Å². The Morgan fingerprint density at radius 2 is 1.86 bits per heavy atom. The zero-order valence-corrected chi connectivity index (χ0v) is 12.9. The maximum absolute atomic E-state index is 11.9. The summed E-state index contributed by atoms with van der Waals surface area (Å²) in [7, 11) is -3.65. The van der Waals surface area contributed by atoms with Crippen molar-refractivity contribution in [3.63, 3.8) is 0 Å². The Bertz CT molecular complexity index is 570. The Hall–Kier alpha value is -1.80. The molecule has 0 saturated heterocycles. The highest BCUT2D eigenvalue weighted by atomic mass is 32.2. The molecule has 0 heterocycles. The molecular formula is C13H21N3O4S. The predicted octanol–water partition coefficient (Wildman–Crippen LogP) is 0.0769. The number of rotatable bonds is 8. The standard InChI is InChI=1S/C13H21N3O4S/c1-9(2)12(13(15)17)16-21(18,19)8-7-20-11-5-3-10(14)4-6-11/h3-6,9,12,16H,7-8,14H2,1-2H3,(H2,15,17). The second-order valence-corrected chi connectivity index (χ2v) is 6.85. The quantitative estimate of drug-likeness (QED) is 0.586. The van der Waals surface area contributed by atoms with E-state index in [0.717, 1.165) is 0 Å². The van der Waals surface area contributed by atoms with E-state index in [1.165, 1.54) is 0 Å². The summed E-state index contributed by atoms with van der Waals surface area (Å²) in [5, 5.41) is 0. The molecule has 5 N–H and O–H groups in total. The monoisotopic (exact) mass is 315 g/mol. The van der Waals surface area contributed by atoms with Crippen molar-refractivity contribution in [1.29, 1.82) is 0 Å². The minimum atomic E-state index is -3.65. The molecule has 7 nitrogen and oxygen atoms in total. The second-order valence-electron chi connectivity index (χ2n) is 4.98. The van der Waals surface area contributed by atoms with Crippen LogP contribution in [0.1, 0.15) is 13.8 Å². The van der Waals surface area contributed by atoms with Crippen molar-refractivity contribution < 1.29 is 17.9 Å². The van der Waals surface area contributed by atoms with E-state index < -0.39 is 22.0 Å². The maximum atomic E-state index is 11.9. The molecule has 0 fully saturated rings. The van der Waals surface area contributed by atoms with E-state index in [9.17, 15) is 13.2 Å². The topological polar surface area (TPSA) is 125 Å². The third-order valence-corrected chi connectivity index (χ3v) is 4.10. The van der Waals surface area contributed by atoms with Crippen LogP contribution in [-0.2, 0) is 14.8 Å². The minimum Gasteiger partial charge on any atom is -0.492 e. The largest absolute Gasteiger partial charge is 0.492 e. The van der Waals surface area contributed by atoms with Gasteiger partial charge in [0.2, 0.25) is 15.9 Å². The van der Waals surface area contributed by atoms with Crippen LogP contribution in [0.4, 0.5) is 5.69 Å². The van der Waals surface area contributed by atoms with Crippen LogP contribution in [0.3, 0.4) is 0 Å². The summed E-state index contributed by atoms with van der Waals surface area (Å²) >= 11 is 0. The lowest BCUT2D eigenvalue weighted by atomic mass is 10.1. The molecule has 0 aromatic heterocycles. The molecule has 8 heteroatoms. The van der Waals surface area contributed by atoms with Crippen LogP contribution < -0.4 is 20.9 Å². The highest BCUT2D eigenvalue weighted by Gasteiger charge is 2.25. The Morgan fingerprint density at radius 1 is 1.29 bits per heavy atom. The van der Waals surface area contributed by atoms with Gasteiger partial charge in [-0.1, -0.05) is 13.8 Å². The molecule has 0 bridgehead atoms.